The average molecular weight is 212 g/mol. The third-order valence-corrected chi connectivity index (χ3v) is 1.76. The van der Waals surface area contributed by atoms with Gasteiger partial charge in [-0.3, -0.25) is 0 Å². The molecule has 0 aliphatic carbocycles. The molecule has 0 aliphatic rings. The molecule has 0 aromatic carbocycles. The second-order valence-corrected chi connectivity index (χ2v) is 6.00. The summed E-state index contributed by atoms with van der Waals surface area (Å²) in [6.45, 7) is 1.35. The normalized spacial score (nSPS) is 11.0. The van der Waals surface area contributed by atoms with Crippen LogP contribution in [-0.2, 0) is 4.12 Å². The van der Waals surface area contributed by atoms with Crippen molar-refractivity contribution in [1.29, 1.82) is 0 Å². The minimum atomic E-state index is -0.667. The van der Waals surface area contributed by atoms with Gasteiger partial charge in [-0.15, -0.1) is 0 Å². The Bertz CT molecular complexity index is 70.1. The van der Waals surface area contributed by atoms with Crippen LogP contribution in [0, 0.1) is 5.41 Å². The van der Waals surface area contributed by atoms with Crippen molar-refractivity contribution >= 4 is 21.0 Å². The topological polar surface area (TPSA) is 69.9 Å². The smallest absolute Gasteiger partial charge is 0.129 e. The van der Waals surface area contributed by atoms with Crippen molar-refractivity contribution in [1.82, 2.24) is 0 Å². The standard InChI is InChI=1S/C6H14O3.H6OSi2/c1-2-6(3-7,4-8)5-9;2-1-3/h7-9H,2-5H2,1H3;2-3H3. The van der Waals surface area contributed by atoms with Gasteiger partial charge in [0, 0.05) is 5.41 Å². The van der Waals surface area contributed by atoms with E-state index in [9.17, 15) is 0 Å². The monoisotopic (exact) mass is 212 g/mol. The Morgan fingerprint density at radius 2 is 1.33 bits per heavy atom. The predicted octanol–water partition coefficient (Wildman–Crippen LogP) is -3.08. The maximum absolute atomic E-state index is 8.66. The molecule has 3 N–H and O–H groups in total. The van der Waals surface area contributed by atoms with E-state index < -0.39 is 5.41 Å². The van der Waals surface area contributed by atoms with E-state index in [1.165, 1.54) is 0 Å². The highest BCUT2D eigenvalue weighted by atomic mass is 28.3. The highest BCUT2D eigenvalue weighted by Crippen LogP contribution is 2.18. The summed E-state index contributed by atoms with van der Waals surface area (Å²) in [5.41, 5.74) is -0.667. The maximum Gasteiger partial charge on any atom is 0.129 e. The fourth-order valence-corrected chi connectivity index (χ4v) is 0.485. The quantitative estimate of drug-likeness (QED) is 0.433. The van der Waals surface area contributed by atoms with Crippen LogP contribution in [-0.4, -0.2) is 56.1 Å². The molecular weight excluding hydrogens is 192 g/mol. The molecule has 0 spiro atoms. The largest absolute Gasteiger partial charge is 0.471 e. The van der Waals surface area contributed by atoms with Gasteiger partial charge in [0.1, 0.15) is 21.0 Å². The van der Waals surface area contributed by atoms with Gasteiger partial charge in [0.2, 0.25) is 0 Å². The van der Waals surface area contributed by atoms with E-state index in [1.54, 1.807) is 0 Å². The first kappa shape index (κ1) is 14.8. The molecule has 0 rings (SSSR count). The zero-order valence-electron chi connectivity index (χ0n) is 8.08. The Balaban J connectivity index is 0. The summed E-state index contributed by atoms with van der Waals surface area (Å²) in [5.74, 6) is 0. The van der Waals surface area contributed by atoms with Gasteiger partial charge < -0.3 is 19.4 Å². The van der Waals surface area contributed by atoms with Crippen LogP contribution in [0.3, 0.4) is 0 Å². The zero-order valence-corrected chi connectivity index (χ0v) is 12.1. The maximum atomic E-state index is 8.66. The molecule has 0 atom stereocenters. The van der Waals surface area contributed by atoms with Gasteiger partial charge in [0.05, 0.1) is 19.8 Å². The molecule has 0 aliphatic heterocycles. The highest BCUT2D eigenvalue weighted by molar-refractivity contribution is 6.15. The van der Waals surface area contributed by atoms with Crippen LogP contribution < -0.4 is 0 Å². The second kappa shape index (κ2) is 9.36. The lowest BCUT2D eigenvalue weighted by atomic mass is 9.88. The summed E-state index contributed by atoms with van der Waals surface area (Å²) in [6, 6.07) is 0. The molecule has 0 unspecified atom stereocenters. The summed E-state index contributed by atoms with van der Waals surface area (Å²) < 4.78 is 4.53. The number of hydrogen-bond donors (Lipinski definition) is 3. The van der Waals surface area contributed by atoms with Gasteiger partial charge in [0.25, 0.3) is 0 Å². The van der Waals surface area contributed by atoms with Crippen molar-refractivity contribution in [3.05, 3.63) is 0 Å². The van der Waals surface area contributed by atoms with Crippen LogP contribution in [0.2, 0.25) is 0 Å². The van der Waals surface area contributed by atoms with Crippen LogP contribution in [0.25, 0.3) is 0 Å². The molecule has 0 aromatic rings. The van der Waals surface area contributed by atoms with Gasteiger partial charge in [0.15, 0.2) is 0 Å². The highest BCUT2D eigenvalue weighted by Gasteiger charge is 2.24. The van der Waals surface area contributed by atoms with Crippen molar-refractivity contribution in [2.45, 2.75) is 13.3 Å². The van der Waals surface area contributed by atoms with Gasteiger partial charge in [-0.2, -0.15) is 0 Å². The van der Waals surface area contributed by atoms with Crippen molar-refractivity contribution in [3.8, 4) is 0 Å². The first-order valence-corrected chi connectivity index (χ1v) is 5.52. The second-order valence-electron chi connectivity index (χ2n) is 2.74. The van der Waals surface area contributed by atoms with E-state index in [4.69, 9.17) is 15.3 Å². The van der Waals surface area contributed by atoms with Gasteiger partial charge in [-0.1, -0.05) is 6.92 Å². The lowest BCUT2D eigenvalue weighted by Gasteiger charge is -2.24. The van der Waals surface area contributed by atoms with Gasteiger partial charge >= 0.3 is 0 Å². The minimum Gasteiger partial charge on any atom is -0.471 e. The first-order valence-electron chi connectivity index (χ1n) is 3.89. The van der Waals surface area contributed by atoms with E-state index in [2.05, 4.69) is 4.12 Å². The molecular formula is C6H20O4Si2. The van der Waals surface area contributed by atoms with Crippen molar-refractivity contribution in [3.63, 3.8) is 0 Å². The number of rotatable bonds is 4. The third kappa shape index (κ3) is 5.87. The molecule has 76 valence electrons. The summed E-state index contributed by atoms with van der Waals surface area (Å²) in [5, 5.41) is 26.0. The molecule has 6 heteroatoms. The zero-order chi connectivity index (χ0) is 10.0. The van der Waals surface area contributed by atoms with Crippen LogP contribution in [0.5, 0.6) is 0 Å². The average Bonchev–Trinajstić information content (AvgIpc) is 2.11. The summed E-state index contributed by atoms with van der Waals surface area (Å²) in [4.78, 5) is 0. The van der Waals surface area contributed by atoms with Crippen LogP contribution in [0.15, 0.2) is 0 Å². The van der Waals surface area contributed by atoms with Crippen molar-refractivity contribution < 1.29 is 19.4 Å². The Morgan fingerprint density at radius 1 is 1.08 bits per heavy atom. The Kier molecular flexibility index (Phi) is 11.5. The minimum absolute atomic E-state index is 0.156. The molecule has 0 saturated carbocycles. The lowest BCUT2D eigenvalue weighted by Crippen LogP contribution is -2.32. The third-order valence-electron chi connectivity index (χ3n) is 1.76. The molecule has 0 heterocycles. The van der Waals surface area contributed by atoms with Crippen LogP contribution in [0.1, 0.15) is 13.3 Å². The fourth-order valence-electron chi connectivity index (χ4n) is 0.485. The van der Waals surface area contributed by atoms with E-state index in [0.29, 0.717) is 6.42 Å². The Hall–Kier alpha value is 0.274. The summed E-state index contributed by atoms with van der Waals surface area (Å²) in [6.07, 6.45) is 0.594. The number of hydrogen-bond acceptors (Lipinski definition) is 4. The van der Waals surface area contributed by atoms with Crippen molar-refractivity contribution in [2.24, 2.45) is 5.41 Å². The molecule has 0 aromatic heterocycles. The molecule has 12 heavy (non-hydrogen) atoms. The molecule has 4 nitrogen and oxygen atoms in total. The molecule has 0 fully saturated rings. The Morgan fingerprint density at radius 3 is 1.33 bits per heavy atom. The van der Waals surface area contributed by atoms with E-state index in [-0.39, 0.29) is 19.8 Å². The molecule has 0 radical (unpaired) electrons. The van der Waals surface area contributed by atoms with Crippen LogP contribution in [0.4, 0.5) is 0 Å². The Labute approximate surface area is 79.7 Å². The van der Waals surface area contributed by atoms with E-state index in [1.807, 2.05) is 6.92 Å². The lowest BCUT2D eigenvalue weighted by molar-refractivity contribution is 0.00304. The fraction of sp³-hybridized carbons (Fsp3) is 1.00. The first-order chi connectivity index (χ1) is 5.66. The number of aliphatic hydroxyl groups excluding tert-OH is 3. The SMILES string of the molecule is CCC(CO)(CO)CO.[SiH3]O[SiH3]. The summed E-state index contributed by atoms with van der Waals surface area (Å²) in [7, 11) is 1.86. The van der Waals surface area contributed by atoms with Crippen LogP contribution >= 0.6 is 0 Å². The predicted molar refractivity (Wildman–Crippen MR) is 54.9 cm³/mol. The summed E-state index contributed by atoms with van der Waals surface area (Å²) >= 11 is 0. The van der Waals surface area contributed by atoms with Gasteiger partial charge in [-0.05, 0) is 6.42 Å². The van der Waals surface area contributed by atoms with Gasteiger partial charge in [-0.25, -0.2) is 0 Å². The molecule has 0 bridgehead atoms. The number of aliphatic hydroxyl groups is 3. The van der Waals surface area contributed by atoms with E-state index in [0.717, 1.165) is 21.0 Å². The van der Waals surface area contributed by atoms with E-state index >= 15 is 0 Å². The van der Waals surface area contributed by atoms with Crippen molar-refractivity contribution in [2.75, 3.05) is 19.8 Å². The molecule has 0 saturated heterocycles. The molecule has 0 amide bonds.